The zero-order valence-electron chi connectivity index (χ0n) is 9.03. The smallest absolute Gasteiger partial charge is 0.0926 e. The summed E-state index contributed by atoms with van der Waals surface area (Å²) in [5, 5.41) is 12.3. The van der Waals surface area contributed by atoms with E-state index in [1.165, 1.54) is 5.01 Å². The Morgan fingerprint density at radius 3 is 2.86 bits per heavy atom. The molecule has 0 bridgehead atoms. The van der Waals surface area contributed by atoms with Crippen LogP contribution in [-0.4, -0.2) is 34.7 Å². The number of aliphatic hydroxyl groups is 1. The normalized spacial score (nSPS) is 13.5. The standard InChI is InChI=1S/C10H18N2OS/c1-4-10-11-9(7-14-10)5-12(3)8(2)6-13/h7-8,13H,4-6H2,1-3H3. The Morgan fingerprint density at radius 1 is 1.64 bits per heavy atom. The van der Waals surface area contributed by atoms with Crippen molar-refractivity contribution >= 4 is 11.3 Å². The van der Waals surface area contributed by atoms with Crippen LogP contribution in [0.1, 0.15) is 24.5 Å². The molecule has 80 valence electrons. The third-order valence-corrected chi connectivity index (χ3v) is 3.37. The summed E-state index contributed by atoms with van der Waals surface area (Å²) < 4.78 is 0. The van der Waals surface area contributed by atoms with E-state index in [0.717, 1.165) is 18.7 Å². The first-order chi connectivity index (χ1) is 6.67. The highest BCUT2D eigenvalue weighted by molar-refractivity contribution is 7.09. The molecule has 3 nitrogen and oxygen atoms in total. The zero-order valence-corrected chi connectivity index (χ0v) is 9.84. The number of likely N-dealkylation sites (N-methyl/N-ethyl adjacent to an activating group) is 1. The van der Waals surface area contributed by atoms with Gasteiger partial charge in [-0.3, -0.25) is 4.90 Å². The number of rotatable bonds is 5. The highest BCUT2D eigenvalue weighted by Crippen LogP contribution is 2.12. The minimum atomic E-state index is 0.196. The van der Waals surface area contributed by atoms with Gasteiger partial charge < -0.3 is 5.11 Å². The molecule has 1 N–H and O–H groups in total. The van der Waals surface area contributed by atoms with Crippen LogP contribution in [0.5, 0.6) is 0 Å². The molecule has 0 amide bonds. The number of thiazole rings is 1. The van der Waals surface area contributed by atoms with Crippen molar-refractivity contribution in [3.8, 4) is 0 Å². The predicted octanol–water partition coefficient (Wildman–Crippen LogP) is 1.52. The highest BCUT2D eigenvalue weighted by Gasteiger charge is 2.09. The SMILES string of the molecule is CCc1nc(CN(C)C(C)CO)cs1. The summed E-state index contributed by atoms with van der Waals surface area (Å²) in [6.45, 7) is 5.13. The minimum absolute atomic E-state index is 0.196. The van der Waals surface area contributed by atoms with Crippen LogP contribution in [-0.2, 0) is 13.0 Å². The van der Waals surface area contributed by atoms with Gasteiger partial charge in [-0.25, -0.2) is 4.98 Å². The highest BCUT2D eigenvalue weighted by atomic mass is 32.1. The van der Waals surface area contributed by atoms with Gasteiger partial charge in [-0.15, -0.1) is 11.3 Å². The summed E-state index contributed by atoms with van der Waals surface area (Å²) in [6, 6.07) is 0.196. The van der Waals surface area contributed by atoms with Gasteiger partial charge >= 0.3 is 0 Å². The number of hydrogen-bond acceptors (Lipinski definition) is 4. The minimum Gasteiger partial charge on any atom is -0.395 e. The Morgan fingerprint density at radius 2 is 2.36 bits per heavy atom. The Balaban J connectivity index is 2.51. The van der Waals surface area contributed by atoms with Gasteiger partial charge in [-0.1, -0.05) is 6.92 Å². The van der Waals surface area contributed by atoms with Crippen LogP contribution in [0.3, 0.4) is 0 Å². The van der Waals surface area contributed by atoms with Gasteiger partial charge in [-0.2, -0.15) is 0 Å². The molecule has 0 aliphatic carbocycles. The number of aromatic nitrogens is 1. The fourth-order valence-corrected chi connectivity index (χ4v) is 1.87. The molecule has 0 spiro atoms. The lowest BCUT2D eigenvalue weighted by Crippen LogP contribution is -2.31. The van der Waals surface area contributed by atoms with E-state index >= 15 is 0 Å². The second-order valence-corrected chi connectivity index (χ2v) is 4.48. The van der Waals surface area contributed by atoms with E-state index < -0.39 is 0 Å². The van der Waals surface area contributed by atoms with E-state index in [9.17, 15) is 0 Å². The first kappa shape index (κ1) is 11.6. The van der Waals surface area contributed by atoms with Crippen LogP contribution >= 0.6 is 11.3 Å². The van der Waals surface area contributed by atoms with Gasteiger partial charge in [0.15, 0.2) is 0 Å². The molecular formula is C10H18N2OS. The Labute approximate surface area is 89.4 Å². The summed E-state index contributed by atoms with van der Waals surface area (Å²) in [6.07, 6.45) is 1.00. The van der Waals surface area contributed by atoms with Crippen molar-refractivity contribution in [2.24, 2.45) is 0 Å². The second kappa shape index (κ2) is 5.44. The Kier molecular flexibility index (Phi) is 4.51. The molecule has 0 fully saturated rings. The number of aliphatic hydroxyl groups excluding tert-OH is 1. The molecule has 1 atom stereocenters. The molecule has 1 heterocycles. The predicted molar refractivity (Wildman–Crippen MR) is 59.5 cm³/mol. The fraction of sp³-hybridized carbons (Fsp3) is 0.700. The van der Waals surface area contributed by atoms with Crippen molar-refractivity contribution in [1.82, 2.24) is 9.88 Å². The monoisotopic (exact) mass is 214 g/mol. The molecule has 0 aliphatic heterocycles. The van der Waals surface area contributed by atoms with E-state index in [4.69, 9.17) is 5.11 Å². The Bertz CT molecular complexity index is 275. The molecule has 0 saturated heterocycles. The average molecular weight is 214 g/mol. The van der Waals surface area contributed by atoms with E-state index in [-0.39, 0.29) is 12.6 Å². The molecule has 14 heavy (non-hydrogen) atoms. The summed E-state index contributed by atoms with van der Waals surface area (Å²) in [5.41, 5.74) is 1.11. The largest absolute Gasteiger partial charge is 0.395 e. The quantitative estimate of drug-likeness (QED) is 0.807. The number of nitrogens with zero attached hydrogens (tertiary/aromatic N) is 2. The van der Waals surface area contributed by atoms with Crippen LogP contribution in [0.2, 0.25) is 0 Å². The van der Waals surface area contributed by atoms with Crippen molar-refractivity contribution in [2.45, 2.75) is 32.9 Å². The molecule has 0 aliphatic rings. The molecule has 0 aromatic carbocycles. The van der Waals surface area contributed by atoms with E-state index in [2.05, 4.69) is 22.2 Å². The fourth-order valence-electron chi connectivity index (χ4n) is 1.13. The van der Waals surface area contributed by atoms with Crippen molar-refractivity contribution < 1.29 is 5.11 Å². The lowest BCUT2D eigenvalue weighted by atomic mass is 10.3. The van der Waals surface area contributed by atoms with Crippen molar-refractivity contribution in [1.29, 1.82) is 0 Å². The first-order valence-electron chi connectivity index (χ1n) is 4.91. The van der Waals surface area contributed by atoms with Crippen molar-refractivity contribution in [2.75, 3.05) is 13.7 Å². The van der Waals surface area contributed by atoms with Crippen molar-refractivity contribution in [3.05, 3.63) is 16.1 Å². The van der Waals surface area contributed by atoms with Crippen LogP contribution in [0.15, 0.2) is 5.38 Å². The average Bonchev–Trinajstić information content (AvgIpc) is 2.64. The molecule has 1 aromatic rings. The van der Waals surface area contributed by atoms with Gasteiger partial charge in [0.25, 0.3) is 0 Å². The third-order valence-electron chi connectivity index (χ3n) is 2.33. The molecule has 1 unspecified atom stereocenters. The van der Waals surface area contributed by atoms with E-state index in [1.807, 2.05) is 14.0 Å². The Hall–Kier alpha value is -0.450. The van der Waals surface area contributed by atoms with E-state index in [1.54, 1.807) is 11.3 Å². The molecule has 0 radical (unpaired) electrons. The summed E-state index contributed by atoms with van der Waals surface area (Å²) in [4.78, 5) is 6.59. The third kappa shape index (κ3) is 3.04. The number of hydrogen-bond donors (Lipinski definition) is 1. The zero-order chi connectivity index (χ0) is 10.6. The topological polar surface area (TPSA) is 36.4 Å². The molecule has 1 aromatic heterocycles. The van der Waals surface area contributed by atoms with Crippen molar-refractivity contribution in [3.63, 3.8) is 0 Å². The maximum absolute atomic E-state index is 8.98. The van der Waals surface area contributed by atoms with Gasteiger partial charge in [0.2, 0.25) is 0 Å². The van der Waals surface area contributed by atoms with Gasteiger partial charge in [0, 0.05) is 18.0 Å². The summed E-state index contributed by atoms with van der Waals surface area (Å²) >= 11 is 1.71. The van der Waals surface area contributed by atoms with Crippen LogP contribution in [0.4, 0.5) is 0 Å². The summed E-state index contributed by atoms with van der Waals surface area (Å²) in [7, 11) is 2.01. The van der Waals surface area contributed by atoms with Gasteiger partial charge in [0.1, 0.15) is 0 Å². The lowest BCUT2D eigenvalue weighted by molar-refractivity contribution is 0.153. The maximum Gasteiger partial charge on any atom is 0.0926 e. The molecule has 1 rings (SSSR count). The van der Waals surface area contributed by atoms with Gasteiger partial charge in [0.05, 0.1) is 17.3 Å². The van der Waals surface area contributed by atoms with Gasteiger partial charge in [-0.05, 0) is 20.4 Å². The van der Waals surface area contributed by atoms with Crippen LogP contribution in [0.25, 0.3) is 0 Å². The molecule has 4 heteroatoms. The number of aryl methyl sites for hydroxylation is 1. The van der Waals surface area contributed by atoms with E-state index in [0.29, 0.717) is 0 Å². The first-order valence-corrected chi connectivity index (χ1v) is 5.79. The molecule has 0 saturated carbocycles. The lowest BCUT2D eigenvalue weighted by Gasteiger charge is -2.21. The second-order valence-electron chi connectivity index (χ2n) is 3.53. The van der Waals surface area contributed by atoms with Crippen LogP contribution < -0.4 is 0 Å². The molecular weight excluding hydrogens is 196 g/mol. The maximum atomic E-state index is 8.98. The summed E-state index contributed by atoms with van der Waals surface area (Å²) in [5.74, 6) is 0. The van der Waals surface area contributed by atoms with Crippen LogP contribution in [0, 0.1) is 0 Å².